The fourth-order valence-electron chi connectivity index (χ4n) is 3.35. The maximum atomic E-state index is 12.7. The lowest BCUT2D eigenvalue weighted by Gasteiger charge is -2.12. The van der Waals surface area contributed by atoms with E-state index in [2.05, 4.69) is 16.0 Å². The molecule has 0 aliphatic carbocycles. The van der Waals surface area contributed by atoms with Gasteiger partial charge in [-0.2, -0.15) is 0 Å². The highest BCUT2D eigenvalue weighted by Gasteiger charge is 2.12. The van der Waals surface area contributed by atoms with Crippen molar-refractivity contribution >= 4 is 63.7 Å². The first-order chi connectivity index (χ1) is 17.9. The van der Waals surface area contributed by atoms with Gasteiger partial charge in [-0.25, -0.2) is 0 Å². The highest BCUT2D eigenvalue weighted by molar-refractivity contribution is 7.80. The highest BCUT2D eigenvalue weighted by atomic mass is 35.5. The summed E-state index contributed by atoms with van der Waals surface area (Å²) in [6.07, 6.45) is 0. The zero-order chi connectivity index (χ0) is 26.2. The molecule has 0 aliphatic heterocycles. The van der Waals surface area contributed by atoms with Crippen LogP contribution in [0.2, 0.25) is 10.0 Å². The van der Waals surface area contributed by atoms with Gasteiger partial charge in [-0.1, -0.05) is 65.7 Å². The van der Waals surface area contributed by atoms with Gasteiger partial charge in [0.15, 0.2) is 5.11 Å². The molecule has 0 unspecified atom stereocenters. The maximum absolute atomic E-state index is 12.7. The van der Waals surface area contributed by atoms with Gasteiger partial charge >= 0.3 is 0 Å². The van der Waals surface area contributed by atoms with Crippen LogP contribution in [-0.4, -0.2) is 16.9 Å². The van der Waals surface area contributed by atoms with Crippen LogP contribution in [0.4, 0.5) is 11.4 Å². The summed E-state index contributed by atoms with van der Waals surface area (Å²) in [5, 5.41) is 9.17. The van der Waals surface area contributed by atoms with Crippen LogP contribution in [0.5, 0.6) is 5.75 Å². The molecule has 0 saturated carbocycles. The van der Waals surface area contributed by atoms with Crippen LogP contribution in [-0.2, 0) is 6.61 Å². The predicted octanol–water partition coefficient (Wildman–Crippen LogP) is 6.95. The molecule has 9 heteroatoms. The third-order valence-electron chi connectivity index (χ3n) is 5.13. The predicted molar refractivity (Wildman–Crippen MR) is 152 cm³/mol. The van der Waals surface area contributed by atoms with Crippen molar-refractivity contribution in [2.24, 2.45) is 0 Å². The quantitative estimate of drug-likeness (QED) is 0.217. The Kier molecular flexibility index (Phi) is 8.74. The first-order valence-corrected chi connectivity index (χ1v) is 12.3. The first-order valence-electron chi connectivity index (χ1n) is 11.1. The lowest BCUT2D eigenvalue weighted by atomic mass is 10.2. The molecule has 6 nitrogen and oxygen atoms in total. The van der Waals surface area contributed by atoms with Gasteiger partial charge < -0.3 is 15.4 Å². The SMILES string of the molecule is O=C(NC(=S)Nc1cccc(NC(=O)c2ccc(Cl)cc2Cl)c1)c1cccc(OCc2ccccc2)c1. The van der Waals surface area contributed by atoms with E-state index in [0.717, 1.165) is 5.56 Å². The summed E-state index contributed by atoms with van der Waals surface area (Å²) < 4.78 is 5.80. The van der Waals surface area contributed by atoms with Crippen molar-refractivity contribution in [1.82, 2.24) is 5.32 Å². The molecule has 4 aromatic carbocycles. The van der Waals surface area contributed by atoms with Gasteiger partial charge in [0, 0.05) is 22.0 Å². The Hall–Kier alpha value is -3.91. The van der Waals surface area contributed by atoms with Crippen LogP contribution < -0.4 is 20.7 Å². The summed E-state index contributed by atoms with van der Waals surface area (Å²) in [5.41, 5.74) is 2.80. The van der Waals surface area contributed by atoms with E-state index >= 15 is 0 Å². The number of hydrogen-bond acceptors (Lipinski definition) is 4. The topological polar surface area (TPSA) is 79.5 Å². The largest absolute Gasteiger partial charge is 0.489 e. The number of nitrogens with one attached hydrogen (secondary N) is 3. The second kappa shape index (κ2) is 12.4. The Morgan fingerprint density at radius 2 is 1.49 bits per heavy atom. The average Bonchev–Trinajstić information content (AvgIpc) is 2.88. The van der Waals surface area contributed by atoms with Gasteiger partial charge in [0.25, 0.3) is 11.8 Å². The second-order valence-corrected chi connectivity index (χ2v) is 9.12. The molecule has 0 fully saturated rings. The van der Waals surface area contributed by atoms with Crippen LogP contribution in [0.15, 0.2) is 97.1 Å². The van der Waals surface area contributed by atoms with Crippen LogP contribution in [0.1, 0.15) is 26.3 Å². The average molecular weight is 550 g/mol. The van der Waals surface area contributed by atoms with Gasteiger partial charge in [0.05, 0.1) is 10.6 Å². The van der Waals surface area contributed by atoms with Crippen LogP contribution >= 0.6 is 35.4 Å². The maximum Gasteiger partial charge on any atom is 0.257 e. The second-order valence-electron chi connectivity index (χ2n) is 7.87. The highest BCUT2D eigenvalue weighted by Crippen LogP contribution is 2.23. The molecule has 0 bridgehead atoms. The van der Waals surface area contributed by atoms with Crippen molar-refractivity contribution in [3.63, 3.8) is 0 Å². The molecule has 4 rings (SSSR count). The third-order valence-corrected chi connectivity index (χ3v) is 5.88. The zero-order valence-electron chi connectivity index (χ0n) is 19.3. The molecule has 0 radical (unpaired) electrons. The van der Waals surface area contributed by atoms with Gasteiger partial charge in [-0.05, 0) is 72.4 Å². The van der Waals surface area contributed by atoms with Gasteiger partial charge in [-0.15, -0.1) is 0 Å². The van der Waals surface area contributed by atoms with Crippen molar-refractivity contribution < 1.29 is 14.3 Å². The van der Waals surface area contributed by atoms with Gasteiger partial charge in [0.2, 0.25) is 0 Å². The van der Waals surface area contributed by atoms with E-state index in [-0.39, 0.29) is 21.9 Å². The minimum absolute atomic E-state index is 0.102. The molecule has 37 heavy (non-hydrogen) atoms. The third kappa shape index (κ3) is 7.54. The van der Waals surface area contributed by atoms with E-state index in [1.54, 1.807) is 60.7 Å². The van der Waals surface area contributed by atoms with E-state index in [1.165, 1.54) is 6.07 Å². The van der Waals surface area contributed by atoms with Crippen molar-refractivity contribution in [1.29, 1.82) is 0 Å². The van der Waals surface area contributed by atoms with Crippen molar-refractivity contribution in [3.05, 3.63) is 124 Å². The molecular weight excluding hydrogens is 529 g/mol. The Morgan fingerprint density at radius 3 is 2.24 bits per heavy atom. The fourth-order valence-corrected chi connectivity index (χ4v) is 4.06. The van der Waals surface area contributed by atoms with Crippen LogP contribution in [0, 0.1) is 0 Å². The summed E-state index contributed by atoms with van der Waals surface area (Å²) in [6, 6.07) is 28.1. The molecule has 0 aliphatic rings. The van der Waals surface area contributed by atoms with E-state index in [9.17, 15) is 9.59 Å². The molecule has 186 valence electrons. The monoisotopic (exact) mass is 549 g/mol. The fraction of sp³-hybridized carbons (Fsp3) is 0.0357. The molecular formula is C28H21Cl2N3O3S. The number of hydrogen-bond donors (Lipinski definition) is 3. The number of amides is 2. The minimum Gasteiger partial charge on any atom is -0.489 e. The summed E-state index contributed by atoms with van der Waals surface area (Å²) in [6.45, 7) is 0.392. The Balaban J connectivity index is 1.34. The first kappa shape index (κ1) is 26.2. The Labute approximate surface area is 229 Å². The molecule has 4 aromatic rings. The Bertz CT molecular complexity index is 1450. The number of benzene rings is 4. The van der Waals surface area contributed by atoms with E-state index in [4.69, 9.17) is 40.2 Å². The molecule has 0 spiro atoms. The zero-order valence-corrected chi connectivity index (χ0v) is 21.7. The summed E-state index contributed by atoms with van der Waals surface area (Å²) >= 11 is 17.3. The molecule has 0 aromatic heterocycles. The van der Waals surface area contributed by atoms with Crippen molar-refractivity contribution in [2.45, 2.75) is 6.61 Å². The number of carbonyl (C=O) groups excluding carboxylic acids is 2. The molecule has 0 heterocycles. The van der Waals surface area contributed by atoms with Gasteiger partial charge in [-0.3, -0.25) is 14.9 Å². The number of thiocarbonyl (C=S) groups is 1. The molecule has 3 N–H and O–H groups in total. The normalized spacial score (nSPS) is 10.3. The van der Waals surface area contributed by atoms with Crippen LogP contribution in [0.3, 0.4) is 0 Å². The van der Waals surface area contributed by atoms with E-state index in [1.807, 2.05) is 30.3 Å². The molecule has 0 atom stereocenters. The lowest BCUT2D eigenvalue weighted by Crippen LogP contribution is -2.34. The smallest absolute Gasteiger partial charge is 0.257 e. The lowest BCUT2D eigenvalue weighted by molar-refractivity contribution is 0.0976. The Morgan fingerprint density at radius 1 is 0.757 bits per heavy atom. The molecule has 2 amide bonds. The van der Waals surface area contributed by atoms with Crippen LogP contribution in [0.25, 0.3) is 0 Å². The number of rotatable bonds is 7. The summed E-state index contributed by atoms with van der Waals surface area (Å²) in [7, 11) is 0. The number of halogens is 2. The number of anilines is 2. The van der Waals surface area contributed by atoms with Crippen molar-refractivity contribution in [3.8, 4) is 5.75 Å². The summed E-state index contributed by atoms with van der Waals surface area (Å²) in [4.78, 5) is 25.3. The standard InChI is InChI=1S/C28H21Cl2N3O3S/c29-20-12-13-24(25(30)15-20)27(35)31-21-9-5-10-22(16-21)32-28(37)33-26(34)19-8-4-11-23(14-19)36-17-18-6-2-1-3-7-18/h1-16H,17H2,(H,31,35)(H2,32,33,34,37). The van der Waals surface area contributed by atoms with Crippen molar-refractivity contribution in [2.75, 3.05) is 10.6 Å². The number of ether oxygens (including phenoxy) is 1. The minimum atomic E-state index is -0.385. The number of carbonyl (C=O) groups is 2. The van der Waals surface area contributed by atoms with Gasteiger partial charge in [0.1, 0.15) is 12.4 Å². The van der Waals surface area contributed by atoms with E-state index in [0.29, 0.717) is 39.9 Å². The summed E-state index contributed by atoms with van der Waals surface area (Å²) in [5.74, 6) is -0.201. The van der Waals surface area contributed by atoms with E-state index < -0.39 is 0 Å². The molecule has 0 saturated heterocycles.